The second-order valence-corrected chi connectivity index (χ2v) is 3.56. The maximum atomic E-state index is 11.2. The van der Waals surface area contributed by atoms with Crippen LogP contribution in [-0.2, 0) is 33.9 Å². The summed E-state index contributed by atoms with van der Waals surface area (Å²) in [6.07, 6.45) is 3.43. The van der Waals surface area contributed by atoms with Crippen molar-refractivity contribution in [2.45, 2.75) is 25.7 Å². The van der Waals surface area contributed by atoms with E-state index in [0.717, 1.165) is 25.7 Å². The number of halogens is 2. The summed E-state index contributed by atoms with van der Waals surface area (Å²) in [6.45, 7) is 0. The van der Waals surface area contributed by atoms with E-state index in [1.54, 1.807) is 0 Å². The van der Waals surface area contributed by atoms with E-state index >= 15 is 0 Å². The first kappa shape index (κ1) is 21.5. The molecule has 0 aromatic carbocycles. The third-order valence-corrected chi connectivity index (χ3v) is 2.89. The van der Waals surface area contributed by atoms with Gasteiger partial charge in [0, 0.05) is 11.8 Å². The van der Waals surface area contributed by atoms with Crippen molar-refractivity contribution < 1.29 is 64.2 Å². The van der Waals surface area contributed by atoms with Gasteiger partial charge < -0.3 is 30.3 Å². The first-order chi connectivity index (χ1) is 5.72. The van der Waals surface area contributed by atoms with Crippen molar-refractivity contribution in [3.63, 3.8) is 0 Å². The molecule has 0 spiro atoms. The largest absolute Gasteiger partial charge is 2.00 e. The van der Waals surface area contributed by atoms with E-state index in [2.05, 4.69) is 0 Å². The van der Waals surface area contributed by atoms with Crippen molar-refractivity contribution in [2.24, 2.45) is 11.8 Å². The molecule has 2 rings (SSSR count). The van der Waals surface area contributed by atoms with Crippen LogP contribution in [0.25, 0.3) is 0 Å². The maximum Gasteiger partial charge on any atom is 2.00 e. The third-order valence-electron chi connectivity index (χ3n) is 2.89. The van der Waals surface area contributed by atoms with E-state index in [1.807, 2.05) is 0 Å². The summed E-state index contributed by atoms with van der Waals surface area (Å²) in [5.74, 6) is -2.10. The summed E-state index contributed by atoms with van der Waals surface area (Å²) in [5, 5.41) is 0. The molecule has 0 aliphatic heterocycles. The Balaban J connectivity index is -0.000000422. The van der Waals surface area contributed by atoms with Crippen LogP contribution in [0.1, 0.15) is 25.7 Å². The predicted octanol–water partition coefficient (Wildman–Crippen LogP) is -6.31. The predicted molar refractivity (Wildman–Crippen MR) is 44.1 cm³/mol. The number of ketones is 3. The molecule has 2 N–H and O–H groups in total. The van der Waals surface area contributed by atoms with E-state index in [9.17, 15) is 14.4 Å². The quantitative estimate of drug-likeness (QED) is 0.329. The second kappa shape index (κ2) is 8.29. The van der Waals surface area contributed by atoms with Gasteiger partial charge >= 0.3 is 19.5 Å². The molecule has 0 saturated heterocycles. The second-order valence-electron chi connectivity index (χ2n) is 3.56. The topological polar surface area (TPSA) is 82.7 Å². The molecular weight excluding hydrogens is 308 g/mol. The average molecular weight is 320 g/mol. The van der Waals surface area contributed by atoms with Crippen molar-refractivity contribution in [3.8, 4) is 0 Å². The normalized spacial score (nSPS) is 26.6. The molecule has 0 aromatic rings. The minimum absolute atomic E-state index is 0. The molecule has 0 heterocycles. The fourth-order valence-electron chi connectivity index (χ4n) is 2.22. The van der Waals surface area contributed by atoms with Crippen molar-refractivity contribution in [2.75, 3.05) is 0 Å². The molecular formula is C9H12Cl2O4Zn. The fourth-order valence-corrected chi connectivity index (χ4v) is 2.22. The van der Waals surface area contributed by atoms with Gasteiger partial charge in [-0.05, 0) is 12.8 Å². The molecule has 16 heavy (non-hydrogen) atoms. The van der Waals surface area contributed by atoms with Gasteiger partial charge in [-0.15, -0.1) is 0 Å². The summed E-state index contributed by atoms with van der Waals surface area (Å²) in [4.78, 5) is 33.3. The summed E-state index contributed by atoms with van der Waals surface area (Å²) in [7, 11) is 0. The smallest absolute Gasteiger partial charge is 1.00 e. The zero-order chi connectivity index (χ0) is 8.72. The minimum Gasteiger partial charge on any atom is -1.00 e. The van der Waals surface area contributed by atoms with Gasteiger partial charge in [-0.2, -0.15) is 0 Å². The maximum absolute atomic E-state index is 11.2. The van der Waals surface area contributed by atoms with Gasteiger partial charge in [0.2, 0.25) is 11.6 Å². The van der Waals surface area contributed by atoms with Gasteiger partial charge in [0.25, 0.3) is 5.78 Å². The van der Waals surface area contributed by atoms with Crippen LogP contribution in [0.15, 0.2) is 0 Å². The Morgan fingerprint density at radius 2 is 1.12 bits per heavy atom. The Morgan fingerprint density at radius 3 is 1.44 bits per heavy atom. The third kappa shape index (κ3) is 3.33. The number of Topliss-reactive ketones (excluding diaryl/α,β-unsaturated/α-hetero) is 3. The van der Waals surface area contributed by atoms with E-state index < -0.39 is 17.3 Å². The molecule has 2 aliphatic carbocycles. The van der Waals surface area contributed by atoms with Gasteiger partial charge in [-0.3, -0.25) is 14.4 Å². The minimum atomic E-state index is -0.744. The molecule has 2 unspecified atom stereocenters. The average Bonchev–Trinajstić information content (AvgIpc) is 2.33. The number of rotatable bonds is 0. The zero-order valence-electron chi connectivity index (χ0n) is 8.67. The molecule has 7 heteroatoms. The van der Waals surface area contributed by atoms with Crippen LogP contribution < -0.4 is 24.8 Å². The molecule has 2 aliphatic rings. The Hall–Kier alpha value is 0.173. The van der Waals surface area contributed by atoms with Crippen LogP contribution in [0.2, 0.25) is 0 Å². The molecule has 88 valence electrons. The van der Waals surface area contributed by atoms with Crippen LogP contribution in [0.4, 0.5) is 0 Å². The van der Waals surface area contributed by atoms with Gasteiger partial charge in [-0.25, -0.2) is 0 Å². The Labute approximate surface area is 119 Å². The molecule has 0 bridgehead atoms. The SMILES string of the molecule is O.O=C1C(=O)C2CCCCC2C1=O.[Cl-].[Cl-].[Zn+2]. The van der Waals surface area contributed by atoms with Gasteiger partial charge in [0.05, 0.1) is 0 Å². The Kier molecular flexibility index (Phi) is 11.1. The van der Waals surface area contributed by atoms with Crippen LogP contribution in [0.3, 0.4) is 0 Å². The summed E-state index contributed by atoms with van der Waals surface area (Å²) in [6, 6.07) is 0. The number of hydrogen-bond donors (Lipinski definition) is 0. The standard InChI is InChI=1S/C9H10O3.2ClH.H2O.Zn/c10-7-5-3-1-2-4-6(5)8(11)9(7)12;;;;/h5-6H,1-4H2;2*1H;1H2;/q;;;;+2/p-2. The summed E-state index contributed by atoms with van der Waals surface area (Å²) >= 11 is 0. The van der Waals surface area contributed by atoms with Gasteiger partial charge in [-0.1, -0.05) is 12.8 Å². The van der Waals surface area contributed by atoms with E-state index in [4.69, 9.17) is 0 Å². The van der Waals surface area contributed by atoms with E-state index in [0.29, 0.717) is 0 Å². The molecule has 2 atom stereocenters. The summed E-state index contributed by atoms with van der Waals surface area (Å²) in [5.41, 5.74) is 0. The van der Waals surface area contributed by atoms with Crippen molar-refractivity contribution in [1.82, 2.24) is 0 Å². The number of hydrogen-bond acceptors (Lipinski definition) is 3. The zero-order valence-corrected chi connectivity index (χ0v) is 13.1. The number of fused-ring (bicyclic) bond motifs is 1. The molecule has 4 nitrogen and oxygen atoms in total. The molecule has 2 fully saturated rings. The molecule has 0 amide bonds. The molecule has 2 saturated carbocycles. The number of carbonyl (C=O) groups is 3. The molecule has 0 radical (unpaired) electrons. The van der Waals surface area contributed by atoms with E-state index in [-0.39, 0.29) is 61.6 Å². The van der Waals surface area contributed by atoms with Crippen molar-refractivity contribution in [1.29, 1.82) is 0 Å². The van der Waals surface area contributed by atoms with Crippen molar-refractivity contribution >= 4 is 17.3 Å². The Bertz CT molecular complexity index is 257. The van der Waals surface area contributed by atoms with Crippen molar-refractivity contribution in [3.05, 3.63) is 0 Å². The monoisotopic (exact) mass is 318 g/mol. The van der Waals surface area contributed by atoms with Crippen LogP contribution in [-0.4, -0.2) is 22.8 Å². The van der Waals surface area contributed by atoms with Crippen LogP contribution in [0, 0.1) is 11.8 Å². The molecule has 0 aromatic heterocycles. The first-order valence-corrected chi connectivity index (χ1v) is 4.34. The summed E-state index contributed by atoms with van der Waals surface area (Å²) < 4.78 is 0. The fraction of sp³-hybridized carbons (Fsp3) is 0.667. The van der Waals surface area contributed by atoms with Gasteiger partial charge in [0.1, 0.15) is 0 Å². The Morgan fingerprint density at radius 1 is 0.812 bits per heavy atom. The van der Waals surface area contributed by atoms with E-state index in [1.165, 1.54) is 0 Å². The van der Waals surface area contributed by atoms with Gasteiger partial charge in [0.15, 0.2) is 0 Å². The van der Waals surface area contributed by atoms with Crippen LogP contribution >= 0.6 is 0 Å². The first-order valence-electron chi connectivity index (χ1n) is 4.34. The number of carbonyl (C=O) groups excluding carboxylic acids is 3. The van der Waals surface area contributed by atoms with Crippen LogP contribution in [0.5, 0.6) is 0 Å².